The maximum Gasteiger partial charge on any atom is 0.266 e. The number of nitrogens with zero attached hydrogens (tertiary/aromatic N) is 1. The van der Waals surface area contributed by atoms with Crippen LogP contribution in [0.5, 0.6) is 11.5 Å². The molecule has 0 spiro atoms. The second kappa shape index (κ2) is 11.6. The lowest BCUT2D eigenvalue weighted by Gasteiger charge is -2.14. The van der Waals surface area contributed by atoms with Crippen molar-refractivity contribution in [3.05, 3.63) is 92.4 Å². The highest BCUT2D eigenvalue weighted by atomic mass is 79.9. The van der Waals surface area contributed by atoms with Gasteiger partial charge in [0.1, 0.15) is 18.2 Å². The van der Waals surface area contributed by atoms with E-state index in [0.717, 1.165) is 11.1 Å². The lowest BCUT2D eigenvalue weighted by atomic mass is 10.1. The molecule has 5 nitrogen and oxygen atoms in total. The zero-order valence-electron chi connectivity index (χ0n) is 18.2. The molecule has 168 valence electrons. The highest BCUT2D eigenvalue weighted by molar-refractivity contribution is 9.10. The minimum atomic E-state index is -0.538. The quantitative estimate of drug-likeness (QED) is 0.256. The maximum absolute atomic E-state index is 12.6. The molecule has 33 heavy (non-hydrogen) atoms. The SMILES string of the molecule is CCOc1cc(/C=C(\C#N)C(=O)Nc2cccc(Cl)c2)c(Br)cc1OCc1cccc(C)c1. The number of rotatable bonds is 8. The molecule has 0 heterocycles. The molecule has 1 N–H and O–H groups in total. The molecule has 0 aliphatic rings. The Bertz CT molecular complexity index is 1230. The van der Waals surface area contributed by atoms with Crippen LogP contribution in [0, 0.1) is 18.3 Å². The second-order valence-corrected chi connectivity index (χ2v) is 8.46. The Morgan fingerprint density at radius 3 is 2.58 bits per heavy atom. The number of aryl methyl sites for hydroxylation is 1. The molecule has 0 unspecified atom stereocenters. The molecule has 7 heteroatoms. The molecular formula is C26H22BrClN2O3. The summed E-state index contributed by atoms with van der Waals surface area (Å²) in [5.41, 5.74) is 3.25. The van der Waals surface area contributed by atoms with E-state index < -0.39 is 5.91 Å². The molecule has 1 amide bonds. The maximum atomic E-state index is 12.6. The van der Waals surface area contributed by atoms with Gasteiger partial charge in [-0.25, -0.2) is 0 Å². The van der Waals surface area contributed by atoms with Gasteiger partial charge in [-0.15, -0.1) is 0 Å². The largest absolute Gasteiger partial charge is 0.490 e. The van der Waals surface area contributed by atoms with E-state index in [1.54, 1.807) is 36.4 Å². The number of amides is 1. The van der Waals surface area contributed by atoms with Crippen molar-refractivity contribution >= 4 is 45.2 Å². The number of hydrogen-bond acceptors (Lipinski definition) is 4. The van der Waals surface area contributed by atoms with Gasteiger partial charge in [-0.1, -0.05) is 63.4 Å². The number of hydrogen-bond donors (Lipinski definition) is 1. The van der Waals surface area contributed by atoms with E-state index in [1.807, 2.05) is 38.1 Å². The average Bonchev–Trinajstić information content (AvgIpc) is 2.78. The summed E-state index contributed by atoms with van der Waals surface area (Å²) in [6, 6.07) is 20.3. The third-order valence-corrected chi connectivity index (χ3v) is 5.51. The molecule has 0 saturated carbocycles. The van der Waals surface area contributed by atoms with Crippen molar-refractivity contribution in [2.75, 3.05) is 11.9 Å². The summed E-state index contributed by atoms with van der Waals surface area (Å²) in [4.78, 5) is 12.6. The van der Waals surface area contributed by atoms with E-state index in [-0.39, 0.29) is 5.57 Å². The normalized spacial score (nSPS) is 10.9. The Hall–Kier alpha value is -3.27. The van der Waals surface area contributed by atoms with Crippen molar-refractivity contribution in [2.45, 2.75) is 20.5 Å². The molecule has 0 radical (unpaired) electrons. The zero-order valence-corrected chi connectivity index (χ0v) is 20.5. The van der Waals surface area contributed by atoms with Gasteiger partial charge < -0.3 is 14.8 Å². The van der Waals surface area contributed by atoms with Crippen molar-refractivity contribution < 1.29 is 14.3 Å². The highest BCUT2D eigenvalue weighted by Crippen LogP contribution is 2.35. The van der Waals surface area contributed by atoms with Gasteiger partial charge >= 0.3 is 0 Å². The predicted molar refractivity (Wildman–Crippen MR) is 134 cm³/mol. The van der Waals surface area contributed by atoms with Crippen LogP contribution in [-0.2, 0) is 11.4 Å². The van der Waals surface area contributed by atoms with Crippen LogP contribution in [-0.4, -0.2) is 12.5 Å². The average molecular weight is 526 g/mol. The van der Waals surface area contributed by atoms with Crippen molar-refractivity contribution in [3.8, 4) is 17.6 Å². The fourth-order valence-electron chi connectivity index (χ4n) is 3.07. The van der Waals surface area contributed by atoms with E-state index in [0.29, 0.717) is 45.5 Å². The van der Waals surface area contributed by atoms with Crippen LogP contribution in [0.1, 0.15) is 23.6 Å². The lowest BCUT2D eigenvalue weighted by Crippen LogP contribution is -2.13. The fraction of sp³-hybridized carbons (Fsp3) is 0.154. The number of nitrogens with one attached hydrogen (secondary N) is 1. The molecule has 0 fully saturated rings. The lowest BCUT2D eigenvalue weighted by molar-refractivity contribution is -0.112. The van der Waals surface area contributed by atoms with Gasteiger partial charge in [0.05, 0.1) is 6.61 Å². The summed E-state index contributed by atoms with van der Waals surface area (Å²) in [7, 11) is 0. The van der Waals surface area contributed by atoms with Gasteiger partial charge in [-0.05, 0) is 61.4 Å². The Kier molecular flexibility index (Phi) is 8.53. The first-order chi connectivity index (χ1) is 15.9. The molecule has 3 rings (SSSR count). The standard InChI is InChI=1S/C26H22BrClN2O3/c1-3-32-24-12-19(11-20(15-29)26(31)30-22-9-5-8-21(28)13-22)23(27)14-25(24)33-16-18-7-4-6-17(2)10-18/h4-14H,3,16H2,1-2H3,(H,30,31)/b20-11+. The molecule has 0 bridgehead atoms. The van der Waals surface area contributed by atoms with Gasteiger partial charge in [-0.3, -0.25) is 4.79 Å². The second-order valence-electron chi connectivity index (χ2n) is 7.17. The van der Waals surface area contributed by atoms with Gasteiger partial charge in [-0.2, -0.15) is 5.26 Å². The van der Waals surface area contributed by atoms with Crippen molar-refractivity contribution in [1.29, 1.82) is 5.26 Å². The molecule has 0 aromatic heterocycles. The molecule has 0 aliphatic heterocycles. The van der Waals surface area contributed by atoms with Crippen LogP contribution in [0.25, 0.3) is 6.08 Å². The highest BCUT2D eigenvalue weighted by Gasteiger charge is 2.14. The summed E-state index contributed by atoms with van der Waals surface area (Å²) in [6.07, 6.45) is 1.50. The first-order valence-corrected chi connectivity index (χ1v) is 11.4. The number of ether oxygens (including phenoxy) is 2. The molecule has 0 saturated heterocycles. The predicted octanol–water partition coefficient (Wildman–Crippen LogP) is 6.93. The number of carbonyl (C=O) groups is 1. The third kappa shape index (κ3) is 6.85. The topological polar surface area (TPSA) is 71.3 Å². The molecular weight excluding hydrogens is 504 g/mol. The van der Waals surface area contributed by atoms with Gasteiger partial charge in [0.2, 0.25) is 0 Å². The minimum absolute atomic E-state index is 0.0634. The van der Waals surface area contributed by atoms with Crippen LogP contribution in [0.3, 0.4) is 0 Å². The van der Waals surface area contributed by atoms with Crippen LogP contribution >= 0.6 is 27.5 Å². The van der Waals surface area contributed by atoms with Crippen molar-refractivity contribution in [1.82, 2.24) is 0 Å². The zero-order chi connectivity index (χ0) is 23.8. The third-order valence-electron chi connectivity index (χ3n) is 4.59. The van der Waals surface area contributed by atoms with Gasteiger partial charge in [0.25, 0.3) is 5.91 Å². The summed E-state index contributed by atoms with van der Waals surface area (Å²) in [5, 5.41) is 12.7. The number of carbonyl (C=O) groups excluding carboxylic acids is 1. The number of benzene rings is 3. The Balaban J connectivity index is 1.85. The summed E-state index contributed by atoms with van der Waals surface area (Å²) in [6.45, 7) is 4.73. The first kappa shape index (κ1) is 24.4. The van der Waals surface area contributed by atoms with E-state index in [4.69, 9.17) is 21.1 Å². The van der Waals surface area contributed by atoms with Crippen LogP contribution in [0.15, 0.2) is 70.7 Å². The van der Waals surface area contributed by atoms with Crippen molar-refractivity contribution in [3.63, 3.8) is 0 Å². The van der Waals surface area contributed by atoms with Crippen LogP contribution in [0.2, 0.25) is 5.02 Å². The van der Waals surface area contributed by atoms with E-state index in [2.05, 4.69) is 27.3 Å². The number of nitriles is 1. The molecule has 3 aromatic rings. The van der Waals surface area contributed by atoms with Gasteiger partial charge in [0, 0.05) is 15.2 Å². The first-order valence-electron chi connectivity index (χ1n) is 10.2. The van der Waals surface area contributed by atoms with Gasteiger partial charge in [0.15, 0.2) is 11.5 Å². The van der Waals surface area contributed by atoms with E-state index in [1.165, 1.54) is 6.08 Å². The summed E-state index contributed by atoms with van der Waals surface area (Å²) in [5.74, 6) is 0.542. The monoisotopic (exact) mass is 524 g/mol. The Labute approximate surface area is 206 Å². The molecule has 3 aromatic carbocycles. The number of anilines is 1. The molecule has 0 atom stereocenters. The fourth-order valence-corrected chi connectivity index (χ4v) is 3.70. The number of halogens is 2. The summed E-state index contributed by atoms with van der Waals surface area (Å²) < 4.78 is 12.4. The van der Waals surface area contributed by atoms with E-state index in [9.17, 15) is 10.1 Å². The minimum Gasteiger partial charge on any atom is -0.490 e. The summed E-state index contributed by atoms with van der Waals surface area (Å²) >= 11 is 9.48. The van der Waals surface area contributed by atoms with Crippen LogP contribution < -0.4 is 14.8 Å². The smallest absolute Gasteiger partial charge is 0.266 e. The van der Waals surface area contributed by atoms with Crippen LogP contribution in [0.4, 0.5) is 5.69 Å². The Morgan fingerprint density at radius 2 is 1.88 bits per heavy atom. The molecule has 0 aliphatic carbocycles. The van der Waals surface area contributed by atoms with E-state index >= 15 is 0 Å². The Morgan fingerprint density at radius 1 is 1.12 bits per heavy atom. The van der Waals surface area contributed by atoms with Crippen molar-refractivity contribution in [2.24, 2.45) is 0 Å².